The van der Waals surface area contributed by atoms with Crippen LogP contribution in [0, 0.1) is 0 Å². The quantitative estimate of drug-likeness (QED) is 0.461. The van der Waals surface area contributed by atoms with Crippen molar-refractivity contribution in [1.82, 2.24) is 15.6 Å². The zero-order valence-corrected chi connectivity index (χ0v) is 15.8. The summed E-state index contributed by atoms with van der Waals surface area (Å²) >= 11 is 18.0. The molecule has 2 N–H and O–H groups in total. The molecule has 0 bridgehead atoms. The molecule has 0 radical (unpaired) electrons. The predicted octanol–water partition coefficient (Wildman–Crippen LogP) is 5.19. The van der Waals surface area contributed by atoms with Crippen LogP contribution in [0.25, 0.3) is 11.3 Å². The first-order chi connectivity index (χ1) is 12.5. The maximum absolute atomic E-state index is 12.3. The summed E-state index contributed by atoms with van der Waals surface area (Å²) in [5.74, 6) is -0.421. The zero-order valence-electron chi connectivity index (χ0n) is 13.6. The standard InChI is InChI=1S/C18H13Cl3N4O/c1-10(12-4-2-3-5-13(12)19)22-25-18(26)17-9-16(23-24-17)11-6-7-14(20)15(21)8-11/h2-9H,1H3,(H,23,24)(H,25,26). The largest absolute Gasteiger partial charge is 0.289 e. The first kappa shape index (κ1) is 18.5. The number of rotatable bonds is 4. The number of amides is 1. The maximum Gasteiger partial charge on any atom is 0.289 e. The number of hydrogen-bond donors (Lipinski definition) is 2. The molecule has 2 aromatic carbocycles. The summed E-state index contributed by atoms with van der Waals surface area (Å²) < 4.78 is 0. The number of halogens is 3. The van der Waals surface area contributed by atoms with Crippen molar-refractivity contribution in [3.8, 4) is 11.3 Å². The number of H-pyrrole nitrogens is 1. The summed E-state index contributed by atoms with van der Waals surface area (Å²) in [5, 5.41) is 12.3. The van der Waals surface area contributed by atoms with Gasteiger partial charge in [-0.1, -0.05) is 59.1 Å². The lowest BCUT2D eigenvalue weighted by atomic mass is 10.1. The summed E-state index contributed by atoms with van der Waals surface area (Å²) in [6.07, 6.45) is 0. The van der Waals surface area contributed by atoms with Gasteiger partial charge in [0, 0.05) is 16.1 Å². The number of benzene rings is 2. The normalized spacial score (nSPS) is 11.5. The average molecular weight is 408 g/mol. The second-order valence-corrected chi connectivity index (χ2v) is 6.64. The van der Waals surface area contributed by atoms with Crippen molar-refractivity contribution in [2.75, 3.05) is 0 Å². The third kappa shape index (κ3) is 4.07. The van der Waals surface area contributed by atoms with E-state index in [-0.39, 0.29) is 5.69 Å². The van der Waals surface area contributed by atoms with Crippen molar-refractivity contribution in [2.45, 2.75) is 6.92 Å². The number of carbonyl (C=O) groups excluding carboxylic acids is 1. The molecule has 5 nitrogen and oxygen atoms in total. The monoisotopic (exact) mass is 406 g/mol. The fourth-order valence-electron chi connectivity index (χ4n) is 2.25. The minimum absolute atomic E-state index is 0.266. The van der Waals surface area contributed by atoms with Crippen molar-refractivity contribution >= 4 is 46.4 Å². The second-order valence-electron chi connectivity index (χ2n) is 5.41. The zero-order chi connectivity index (χ0) is 18.7. The van der Waals surface area contributed by atoms with Crippen LogP contribution in [0.4, 0.5) is 0 Å². The highest BCUT2D eigenvalue weighted by Gasteiger charge is 2.12. The van der Waals surface area contributed by atoms with Gasteiger partial charge in [0.05, 0.1) is 21.5 Å². The Balaban J connectivity index is 1.75. The van der Waals surface area contributed by atoms with E-state index < -0.39 is 5.91 Å². The topological polar surface area (TPSA) is 70.1 Å². The minimum Gasteiger partial charge on any atom is -0.272 e. The molecule has 0 spiro atoms. The molecular formula is C18H13Cl3N4O. The number of nitrogens with zero attached hydrogens (tertiary/aromatic N) is 2. The molecule has 1 amide bonds. The van der Waals surface area contributed by atoms with Crippen molar-refractivity contribution in [3.05, 3.63) is 74.9 Å². The first-order valence-corrected chi connectivity index (χ1v) is 8.69. The number of aromatic nitrogens is 2. The molecule has 1 aromatic heterocycles. The Labute approximate surface area is 165 Å². The molecule has 8 heteroatoms. The molecule has 1 heterocycles. The van der Waals surface area contributed by atoms with Gasteiger partial charge in [0.1, 0.15) is 5.69 Å². The van der Waals surface area contributed by atoms with Crippen LogP contribution in [0.1, 0.15) is 23.0 Å². The third-order valence-corrected chi connectivity index (χ3v) is 4.70. The van der Waals surface area contributed by atoms with Gasteiger partial charge in [0.25, 0.3) is 5.91 Å². The highest BCUT2D eigenvalue weighted by Crippen LogP contribution is 2.27. The van der Waals surface area contributed by atoms with Gasteiger partial charge in [-0.3, -0.25) is 9.89 Å². The van der Waals surface area contributed by atoms with Crippen molar-refractivity contribution < 1.29 is 4.79 Å². The second kappa shape index (κ2) is 7.91. The van der Waals surface area contributed by atoms with Crippen molar-refractivity contribution in [2.24, 2.45) is 5.10 Å². The molecule has 0 unspecified atom stereocenters. The molecule has 0 aliphatic heterocycles. The molecule has 3 aromatic rings. The van der Waals surface area contributed by atoms with Crippen LogP contribution in [0.5, 0.6) is 0 Å². The average Bonchev–Trinajstić information content (AvgIpc) is 3.12. The number of nitrogens with one attached hydrogen (secondary N) is 2. The fourth-order valence-corrected chi connectivity index (χ4v) is 2.82. The van der Waals surface area contributed by atoms with E-state index in [1.165, 1.54) is 0 Å². The Bertz CT molecular complexity index is 998. The van der Waals surface area contributed by atoms with Gasteiger partial charge in [0.15, 0.2) is 0 Å². The highest BCUT2D eigenvalue weighted by molar-refractivity contribution is 6.42. The van der Waals surface area contributed by atoms with Crippen molar-refractivity contribution in [1.29, 1.82) is 0 Å². The number of aromatic amines is 1. The Hall–Kier alpha value is -2.34. The lowest BCUT2D eigenvalue weighted by Gasteiger charge is -2.03. The van der Waals surface area contributed by atoms with Crippen molar-refractivity contribution in [3.63, 3.8) is 0 Å². The summed E-state index contributed by atoms with van der Waals surface area (Å²) in [6.45, 7) is 1.76. The number of hydrazone groups is 1. The third-order valence-electron chi connectivity index (χ3n) is 3.63. The molecule has 132 valence electrons. The molecule has 0 atom stereocenters. The van der Waals surface area contributed by atoms with Crippen LogP contribution in [0.3, 0.4) is 0 Å². The van der Waals surface area contributed by atoms with E-state index in [9.17, 15) is 4.79 Å². The van der Waals surface area contributed by atoms with Crippen LogP contribution in [0.2, 0.25) is 15.1 Å². The Morgan fingerprint density at radius 2 is 1.81 bits per heavy atom. The number of hydrogen-bond acceptors (Lipinski definition) is 3. The highest BCUT2D eigenvalue weighted by atomic mass is 35.5. The SMILES string of the molecule is CC(=NNC(=O)c1cc(-c2ccc(Cl)c(Cl)c2)n[nH]1)c1ccccc1Cl. The smallest absolute Gasteiger partial charge is 0.272 e. The Kier molecular flexibility index (Phi) is 5.61. The van der Waals surface area contributed by atoms with Crippen LogP contribution < -0.4 is 5.43 Å². The fraction of sp³-hybridized carbons (Fsp3) is 0.0556. The van der Waals surface area contributed by atoms with E-state index in [0.717, 1.165) is 11.1 Å². The van der Waals surface area contributed by atoms with Gasteiger partial charge in [-0.15, -0.1) is 0 Å². The Morgan fingerprint density at radius 1 is 1.04 bits per heavy atom. The summed E-state index contributed by atoms with van der Waals surface area (Å²) in [5.41, 5.74) is 5.40. The molecule has 0 aliphatic carbocycles. The van der Waals surface area contributed by atoms with Gasteiger partial charge in [-0.05, 0) is 31.2 Å². The molecule has 3 rings (SSSR count). The molecule has 0 aliphatic rings. The summed E-state index contributed by atoms with van der Waals surface area (Å²) in [4.78, 5) is 12.3. The van der Waals surface area contributed by atoms with E-state index >= 15 is 0 Å². The lowest BCUT2D eigenvalue weighted by molar-refractivity contribution is 0.0950. The number of carbonyl (C=O) groups is 1. The maximum atomic E-state index is 12.3. The summed E-state index contributed by atoms with van der Waals surface area (Å²) in [7, 11) is 0. The molecule has 0 saturated carbocycles. The van der Waals surface area contributed by atoms with E-state index in [1.807, 2.05) is 18.2 Å². The van der Waals surface area contributed by atoms with E-state index in [0.29, 0.717) is 26.5 Å². The minimum atomic E-state index is -0.421. The van der Waals surface area contributed by atoms with Gasteiger partial charge in [-0.25, -0.2) is 5.43 Å². The predicted molar refractivity (Wildman–Crippen MR) is 105 cm³/mol. The van der Waals surface area contributed by atoms with Gasteiger partial charge < -0.3 is 0 Å². The van der Waals surface area contributed by atoms with Gasteiger partial charge in [0.2, 0.25) is 0 Å². The Morgan fingerprint density at radius 3 is 2.54 bits per heavy atom. The van der Waals surface area contributed by atoms with Gasteiger partial charge >= 0.3 is 0 Å². The van der Waals surface area contributed by atoms with E-state index in [1.54, 1.807) is 37.3 Å². The molecule has 26 heavy (non-hydrogen) atoms. The van der Waals surface area contributed by atoms with Crippen LogP contribution >= 0.6 is 34.8 Å². The summed E-state index contributed by atoms with van der Waals surface area (Å²) in [6, 6.07) is 14.0. The molecular weight excluding hydrogens is 395 g/mol. The van der Waals surface area contributed by atoms with Crippen LogP contribution in [-0.4, -0.2) is 21.8 Å². The first-order valence-electron chi connectivity index (χ1n) is 7.56. The van der Waals surface area contributed by atoms with Crippen LogP contribution in [-0.2, 0) is 0 Å². The van der Waals surface area contributed by atoms with Crippen LogP contribution in [0.15, 0.2) is 53.6 Å². The van der Waals surface area contributed by atoms with Gasteiger partial charge in [-0.2, -0.15) is 10.2 Å². The van der Waals surface area contributed by atoms with E-state index in [2.05, 4.69) is 20.7 Å². The van der Waals surface area contributed by atoms with E-state index in [4.69, 9.17) is 34.8 Å². The lowest BCUT2D eigenvalue weighted by Crippen LogP contribution is -2.19. The molecule has 0 saturated heterocycles. The molecule has 0 fully saturated rings.